The fourth-order valence-electron chi connectivity index (χ4n) is 1.24. The first kappa shape index (κ1) is 16.1. The quantitative estimate of drug-likeness (QED) is 0.427. The van der Waals surface area contributed by atoms with Gasteiger partial charge in [-0.25, -0.2) is 0 Å². The zero-order valence-corrected chi connectivity index (χ0v) is 14.6. The molecule has 0 bridgehead atoms. The molecule has 5 heteroatoms. The summed E-state index contributed by atoms with van der Waals surface area (Å²) in [6.07, 6.45) is 6.19. The number of unbranched alkanes of at least 4 members (excludes halogenated alkanes) is 4. The van der Waals surface area contributed by atoms with Crippen molar-refractivity contribution >= 4 is 13.6 Å². The molecule has 0 aliphatic rings. The molecule has 1 heterocycles. The average molecular weight is 342 g/mol. The van der Waals surface area contributed by atoms with Gasteiger partial charge in [-0.05, 0) is 19.1 Å². The Morgan fingerprint density at radius 2 is 2.00 bits per heavy atom. The van der Waals surface area contributed by atoms with Gasteiger partial charge in [-0.2, -0.15) is 0 Å². The fourth-order valence-corrected chi connectivity index (χ4v) is 1.24. The Kier molecular flexibility index (Phi) is 11.7. The van der Waals surface area contributed by atoms with Crippen molar-refractivity contribution in [2.45, 2.75) is 46.0 Å². The molecular weight excluding hydrogens is 323 g/mol. The molecule has 0 N–H and O–H groups in total. The van der Waals surface area contributed by atoms with Crippen LogP contribution in [0.15, 0.2) is 4.52 Å². The van der Waals surface area contributed by atoms with E-state index in [1.165, 1.54) is 42.0 Å². The molecule has 88 valence electrons. The topological polar surface area (TPSA) is 35.3 Å². The summed E-state index contributed by atoms with van der Waals surface area (Å²) >= 11 is 4.25. The SMILES string of the molecule is CCCCCCCOc1[c-]c(C)on1.[Zn+][Br]. The van der Waals surface area contributed by atoms with Gasteiger partial charge in [-0.15, -0.1) is 0 Å². The molecule has 0 fully saturated rings. The number of ether oxygens (including phenoxy) is 1. The molecule has 16 heavy (non-hydrogen) atoms. The molecule has 0 saturated carbocycles. The molecule has 0 aliphatic heterocycles. The van der Waals surface area contributed by atoms with Gasteiger partial charge < -0.3 is 15.3 Å². The van der Waals surface area contributed by atoms with Crippen molar-refractivity contribution in [2.24, 2.45) is 0 Å². The van der Waals surface area contributed by atoms with Crippen molar-refractivity contribution < 1.29 is 25.6 Å². The number of rotatable bonds is 7. The summed E-state index contributed by atoms with van der Waals surface area (Å²) in [5.41, 5.74) is 0. The first-order valence-electron chi connectivity index (χ1n) is 5.58. The van der Waals surface area contributed by atoms with E-state index in [0.717, 1.165) is 6.42 Å². The molecule has 0 spiro atoms. The van der Waals surface area contributed by atoms with E-state index in [2.05, 4.69) is 31.8 Å². The molecule has 0 amide bonds. The second-order valence-electron chi connectivity index (χ2n) is 3.43. The summed E-state index contributed by atoms with van der Waals surface area (Å²) in [5.74, 6) is 1.16. The van der Waals surface area contributed by atoms with Crippen LogP contribution in [0.5, 0.6) is 5.88 Å². The summed E-state index contributed by atoms with van der Waals surface area (Å²) in [6, 6.07) is 2.88. The Labute approximate surface area is 114 Å². The fraction of sp³-hybridized carbons (Fsp3) is 0.727. The van der Waals surface area contributed by atoms with Crippen LogP contribution in [0.4, 0.5) is 0 Å². The van der Waals surface area contributed by atoms with Crippen LogP contribution in [-0.4, -0.2) is 11.8 Å². The summed E-state index contributed by atoms with van der Waals surface area (Å²) in [6.45, 7) is 4.73. The van der Waals surface area contributed by atoms with Crippen molar-refractivity contribution in [1.82, 2.24) is 5.16 Å². The number of hydrogen-bond donors (Lipinski definition) is 0. The second-order valence-corrected chi connectivity index (χ2v) is 3.43. The van der Waals surface area contributed by atoms with Gasteiger partial charge in [0, 0.05) is 0 Å². The van der Waals surface area contributed by atoms with Crippen LogP contribution in [0, 0.1) is 13.0 Å². The van der Waals surface area contributed by atoms with Gasteiger partial charge in [0.1, 0.15) is 0 Å². The Hall–Kier alpha value is 0.113. The van der Waals surface area contributed by atoms with E-state index in [0.29, 0.717) is 18.2 Å². The molecule has 0 aliphatic carbocycles. The van der Waals surface area contributed by atoms with Gasteiger partial charge in [-0.3, -0.25) is 0 Å². The molecular formula is C11H18BrNO2Zn. The van der Waals surface area contributed by atoms with Gasteiger partial charge in [0.05, 0.1) is 12.5 Å². The first-order valence-corrected chi connectivity index (χ1v) is 12.5. The minimum atomic E-state index is 0.484. The van der Waals surface area contributed by atoms with Crippen LogP contribution >= 0.6 is 13.6 Å². The van der Waals surface area contributed by atoms with Crippen LogP contribution in [0.1, 0.15) is 44.8 Å². The molecule has 1 aromatic rings. The molecule has 0 aromatic carbocycles. The molecule has 0 saturated heterocycles. The predicted octanol–water partition coefficient (Wildman–Crippen LogP) is 3.98. The second kappa shape index (κ2) is 11.6. The Balaban J connectivity index is 0.00000106. The average Bonchev–Trinajstić information content (AvgIpc) is 2.72. The van der Waals surface area contributed by atoms with Crippen LogP contribution in [0.2, 0.25) is 0 Å². The third kappa shape index (κ3) is 8.29. The van der Waals surface area contributed by atoms with Crippen molar-refractivity contribution in [1.29, 1.82) is 0 Å². The predicted molar refractivity (Wildman–Crippen MR) is 63.3 cm³/mol. The number of hydrogen-bond acceptors (Lipinski definition) is 3. The van der Waals surface area contributed by atoms with E-state index in [1.54, 1.807) is 6.92 Å². The Morgan fingerprint density at radius 1 is 1.31 bits per heavy atom. The van der Waals surface area contributed by atoms with E-state index < -0.39 is 0 Å². The Morgan fingerprint density at radius 3 is 2.56 bits per heavy atom. The van der Waals surface area contributed by atoms with Crippen LogP contribution in [-0.2, 0) is 16.3 Å². The van der Waals surface area contributed by atoms with Crippen LogP contribution in [0.25, 0.3) is 0 Å². The number of halogens is 1. The molecule has 0 atom stereocenters. The van der Waals surface area contributed by atoms with Gasteiger partial charge in [0.15, 0.2) is 0 Å². The standard InChI is InChI=1S/C11H18NO2.BrH.Zn/c1-3-4-5-6-7-8-13-11-9-10(2)14-12-11;;/h3-8H2,1-2H3;1H;/q-1;;+2/p-1. The van der Waals surface area contributed by atoms with Gasteiger partial charge in [0.2, 0.25) is 0 Å². The zero-order valence-electron chi connectivity index (χ0n) is 10.1. The monoisotopic (exact) mass is 339 g/mol. The molecule has 1 rings (SSSR count). The summed E-state index contributed by atoms with van der Waals surface area (Å²) in [5, 5.41) is 3.70. The van der Waals surface area contributed by atoms with Crippen molar-refractivity contribution in [3.8, 4) is 5.88 Å². The van der Waals surface area contributed by atoms with Gasteiger partial charge >= 0.3 is 30.0 Å². The number of aryl methyl sites for hydroxylation is 1. The van der Waals surface area contributed by atoms with Crippen LogP contribution in [0.3, 0.4) is 0 Å². The minimum absolute atomic E-state index is 0.484. The van der Waals surface area contributed by atoms with Crippen molar-refractivity contribution in [3.05, 3.63) is 11.8 Å². The van der Waals surface area contributed by atoms with Crippen molar-refractivity contribution in [2.75, 3.05) is 6.61 Å². The van der Waals surface area contributed by atoms with E-state index in [1.807, 2.05) is 0 Å². The van der Waals surface area contributed by atoms with Crippen molar-refractivity contribution in [3.63, 3.8) is 0 Å². The third-order valence-corrected chi connectivity index (χ3v) is 2.04. The Bertz CT molecular complexity index is 256. The number of aromatic nitrogens is 1. The normalized spacial score (nSPS) is 9.56. The summed E-state index contributed by atoms with van der Waals surface area (Å²) in [7, 11) is 0. The number of nitrogens with zero attached hydrogens (tertiary/aromatic N) is 1. The van der Waals surface area contributed by atoms with E-state index in [9.17, 15) is 0 Å². The maximum absolute atomic E-state index is 5.35. The zero-order chi connectivity index (χ0) is 12.2. The van der Waals surface area contributed by atoms with Crippen LogP contribution < -0.4 is 4.74 Å². The maximum atomic E-state index is 5.35. The van der Waals surface area contributed by atoms with Gasteiger partial charge in [-0.1, -0.05) is 37.8 Å². The molecule has 3 nitrogen and oxygen atoms in total. The third-order valence-electron chi connectivity index (χ3n) is 2.04. The van der Waals surface area contributed by atoms with E-state index in [4.69, 9.17) is 9.26 Å². The van der Waals surface area contributed by atoms with Gasteiger partial charge in [0.25, 0.3) is 0 Å². The summed E-state index contributed by atoms with van der Waals surface area (Å²) in [4.78, 5) is 0. The molecule has 1 aromatic heterocycles. The van der Waals surface area contributed by atoms with E-state index >= 15 is 0 Å². The summed E-state index contributed by atoms with van der Waals surface area (Å²) < 4.78 is 10.2. The first-order chi connectivity index (χ1) is 7.83. The molecule has 0 unspecified atom stereocenters. The van der Waals surface area contributed by atoms with E-state index in [-0.39, 0.29) is 0 Å². The molecule has 0 radical (unpaired) electrons.